The number of hydrogen-bond acceptors (Lipinski definition) is 6. The lowest BCUT2D eigenvalue weighted by molar-refractivity contribution is -0.144. The van der Waals surface area contributed by atoms with E-state index in [2.05, 4.69) is 10.0 Å². The van der Waals surface area contributed by atoms with Crippen LogP contribution in [0.4, 0.5) is 5.69 Å². The van der Waals surface area contributed by atoms with Crippen LogP contribution in [0.5, 0.6) is 0 Å². The molecule has 11 nitrogen and oxygen atoms in total. The maximum absolute atomic E-state index is 13.3. The molecule has 208 valence electrons. The highest BCUT2D eigenvalue weighted by Gasteiger charge is 2.38. The Kier molecular flexibility index (Phi) is 7.53. The van der Waals surface area contributed by atoms with Crippen LogP contribution in [0.15, 0.2) is 46.1 Å². The Balaban J connectivity index is 1.23. The number of fused-ring (bicyclic) bond motifs is 4. The average molecular weight is 576 g/mol. The standard InChI is InChI=1S/C26H30ClN5O6S/c1-16(33)28-21-8-7-19(11-20(21)27)39(37,38)29-22-4-3-9-30(26(22)36)15-25(35)31-12-17-10-18(14-31)23-5-2-6-24(34)32(23)13-17/h2,5-8,11,17-18,22,29H,3-4,9-10,12-15H2,1H3,(H,28,33)/t17-,18?,22+/m1/s1. The molecule has 2 saturated heterocycles. The molecule has 2 fully saturated rings. The number of nitrogens with one attached hydrogen (secondary N) is 2. The molecule has 3 aliphatic rings. The molecular formula is C26H30ClN5O6S. The molecule has 1 aromatic heterocycles. The van der Waals surface area contributed by atoms with Crippen LogP contribution in [0.25, 0.3) is 0 Å². The predicted octanol–water partition coefficient (Wildman–Crippen LogP) is 1.38. The predicted molar refractivity (Wildman–Crippen MR) is 144 cm³/mol. The number of aromatic nitrogens is 1. The van der Waals surface area contributed by atoms with Crippen LogP contribution < -0.4 is 15.6 Å². The quantitative estimate of drug-likeness (QED) is 0.534. The molecule has 5 rings (SSSR count). The van der Waals surface area contributed by atoms with Crippen molar-refractivity contribution < 1.29 is 22.8 Å². The van der Waals surface area contributed by atoms with Crippen molar-refractivity contribution >= 4 is 45.0 Å². The second-order valence-corrected chi connectivity index (χ2v) is 12.5. The fourth-order valence-corrected chi connectivity index (χ4v) is 7.32. The van der Waals surface area contributed by atoms with Gasteiger partial charge in [0.25, 0.3) is 5.56 Å². The van der Waals surface area contributed by atoms with Gasteiger partial charge < -0.3 is 19.7 Å². The molecule has 3 amide bonds. The van der Waals surface area contributed by atoms with Crippen LogP contribution in [0.1, 0.15) is 37.8 Å². The van der Waals surface area contributed by atoms with Crippen molar-refractivity contribution in [2.24, 2.45) is 5.92 Å². The number of halogens is 1. The molecular weight excluding hydrogens is 546 g/mol. The fourth-order valence-electron chi connectivity index (χ4n) is 5.78. The van der Waals surface area contributed by atoms with Gasteiger partial charge in [0.15, 0.2) is 0 Å². The summed E-state index contributed by atoms with van der Waals surface area (Å²) in [5, 5.41) is 2.56. The summed E-state index contributed by atoms with van der Waals surface area (Å²) in [6.45, 7) is 3.10. The van der Waals surface area contributed by atoms with E-state index in [-0.39, 0.29) is 51.4 Å². The number of sulfonamides is 1. The van der Waals surface area contributed by atoms with E-state index in [0.29, 0.717) is 39.0 Å². The monoisotopic (exact) mass is 575 g/mol. The maximum atomic E-state index is 13.3. The molecule has 0 spiro atoms. The Labute approximate surface area is 231 Å². The minimum absolute atomic E-state index is 0.0275. The number of likely N-dealkylation sites (tertiary alicyclic amines) is 2. The van der Waals surface area contributed by atoms with Gasteiger partial charge in [0.1, 0.15) is 6.04 Å². The third kappa shape index (κ3) is 5.73. The summed E-state index contributed by atoms with van der Waals surface area (Å²) in [6.07, 6.45) is 1.76. The maximum Gasteiger partial charge on any atom is 0.250 e. The SMILES string of the molecule is CC(=O)Nc1ccc(S(=O)(=O)N[C@H]2CCCN(CC(=O)N3CC4C[C@H](C3)Cn3c4cccc3=O)C2=O)cc1Cl. The van der Waals surface area contributed by atoms with E-state index in [1.807, 2.05) is 6.07 Å². The Morgan fingerprint density at radius 1 is 1.10 bits per heavy atom. The van der Waals surface area contributed by atoms with E-state index in [0.717, 1.165) is 12.1 Å². The van der Waals surface area contributed by atoms with Crippen molar-refractivity contribution in [1.82, 2.24) is 19.1 Å². The van der Waals surface area contributed by atoms with Crippen LogP contribution in [0.3, 0.4) is 0 Å². The van der Waals surface area contributed by atoms with Crippen LogP contribution >= 0.6 is 11.6 Å². The molecule has 2 N–H and O–H groups in total. The number of carbonyl (C=O) groups is 3. The minimum atomic E-state index is -4.09. The van der Waals surface area contributed by atoms with Gasteiger partial charge in [-0.15, -0.1) is 0 Å². The van der Waals surface area contributed by atoms with E-state index in [1.54, 1.807) is 21.6 Å². The van der Waals surface area contributed by atoms with Crippen molar-refractivity contribution in [3.8, 4) is 0 Å². The van der Waals surface area contributed by atoms with E-state index >= 15 is 0 Å². The van der Waals surface area contributed by atoms with Crippen molar-refractivity contribution in [2.75, 3.05) is 31.5 Å². The van der Waals surface area contributed by atoms with Gasteiger partial charge in [0.05, 0.1) is 22.2 Å². The summed E-state index contributed by atoms with van der Waals surface area (Å²) in [5.41, 5.74) is 1.18. The van der Waals surface area contributed by atoms with E-state index < -0.39 is 22.0 Å². The van der Waals surface area contributed by atoms with Gasteiger partial charge in [-0.25, -0.2) is 8.42 Å². The number of anilines is 1. The first kappa shape index (κ1) is 27.4. The highest BCUT2D eigenvalue weighted by Crippen LogP contribution is 2.35. The molecule has 3 aliphatic heterocycles. The third-order valence-electron chi connectivity index (χ3n) is 7.55. The second-order valence-electron chi connectivity index (χ2n) is 10.4. The summed E-state index contributed by atoms with van der Waals surface area (Å²) >= 11 is 6.13. The van der Waals surface area contributed by atoms with Crippen LogP contribution in [0, 0.1) is 5.92 Å². The van der Waals surface area contributed by atoms with Crippen molar-refractivity contribution in [1.29, 1.82) is 0 Å². The molecule has 4 heterocycles. The molecule has 0 radical (unpaired) electrons. The van der Waals surface area contributed by atoms with Crippen molar-refractivity contribution in [2.45, 2.75) is 49.6 Å². The first-order valence-corrected chi connectivity index (χ1v) is 14.7. The van der Waals surface area contributed by atoms with Crippen LogP contribution in [-0.4, -0.2) is 72.7 Å². The van der Waals surface area contributed by atoms with Gasteiger partial charge in [-0.2, -0.15) is 4.72 Å². The van der Waals surface area contributed by atoms with E-state index in [4.69, 9.17) is 11.6 Å². The van der Waals surface area contributed by atoms with Crippen LogP contribution in [-0.2, 0) is 31.0 Å². The zero-order chi connectivity index (χ0) is 27.9. The lowest BCUT2D eigenvalue weighted by Crippen LogP contribution is -2.56. The summed E-state index contributed by atoms with van der Waals surface area (Å²) in [5.74, 6) is -0.750. The first-order valence-electron chi connectivity index (χ1n) is 12.9. The Morgan fingerprint density at radius 3 is 2.64 bits per heavy atom. The number of hydrogen-bond donors (Lipinski definition) is 2. The molecule has 0 saturated carbocycles. The average Bonchev–Trinajstić information content (AvgIpc) is 2.88. The summed E-state index contributed by atoms with van der Waals surface area (Å²) in [4.78, 5) is 53.1. The first-order chi connectivity index (χ1) is 18.5. The van der Waals surface area contributed by atoms with Gasteiger partial charge in [-0.1, -0.05) is 17.7 Å². The zero-order valence-corrected chi connectivity index (χ0v) is 23.0. The second kappa shape index (κ2) is 10.7. The summed E-state index contributed by atoms with van der Waals surface area (Å²) in [6, 6.07) is 8.11. The lowest BCUT2D eigenvalue weighted by atomic mass is 9.83. The number of rotatable bonds is 6. The molecule has 3 atom stereocenters. The molecule has 0 aliphatic carbocycles. The number of amides is 3. The van der Waals surface area contributed by atoms with Gasteiger partial charge in [0.2, 0.25) is 27.7 Å². The number of nitrogens with zero attached hydrogens (tertiary/aromatic N) is 3. The van der Waals surface area contributed by atoms with Gasteiger partial charge >= 0.3 is 0 Å². The largest absolute Gasteiger partial charge is 0.340 e. The zero-order valence-electron chi connectivity index (χ0n) is 21.4. The highest BCUT2D eigenvalue weighted by molar-refractivity contribution is 7.89. The van der Waals surface area contributed by atoms with E-state index in [9.17, 15) is 27.6 Å². The minimum Gasteiger partial charge on any atom is -0.340 e. The van der Waals surface area contributed by atoms with Crippen molar-refractivity contribution in [3.05, 3.63) is 57.5 Å². The summed E-state index contributed by atoms with van der Waals surface area (Å²) in [7, 11) is -4.09. The number of carbonyl (C=O) groups excluding carboxylic acids is 3. The topological polar surface area (TPSA) is 138 Å². The molecule has 2 bridgehead atoms. The Hall–Kier alpha value is -3.22. The molecule has 13 heteroatoms. The summed E-state index contributed by atoms with van der Waals surface area (Å²) < 4.78 is 30.3. The lowest BCUT2D eigenvalue weighted by Gasteiger charge is -2.43. The Bertz CT molecular complexity index is 1490. The molecule has 1 aromatic carbocycles. The number of piperidine rings is 2. The van der Waals surface area contributed by atoms with Crippen molar-refractivity contribution in [3.63, 3.8) is 0 Å². The van der Waals surface area contributed by atoms with E-state index in [1.165, 1.54) is 30.0 Å². The third-order valence-corrected chi connectivity index (χ3v) is 9.33. The highest BCUT2D eigenvalue weighted by atomic mass is 35.5. The normalized spacial score (nSPS) is 22.8. The van der Waals surface area contributed by atoms with Gasteiger partial charge in [-0.05, 0) is 49.4 Å². The molecule has 1 unspecified atom stereocenters. The smallest absolute Gasteiger partial charge is 0.250 e. The fraction of sp³-hybridized carbons (Fsp3) is 0.462. The molecule has 39 heavy (non-hydrogen) atoms. The molecule has 2 aromatic rings. The number of pyridine rings is 1. The van der Waals surface area contributed by atoms with Crippen LogP contribution in [0.2, 0.25) is 5.02 Å². The Morgan fingerprint density at radius 2 is 1.90 bits per heavy atom. The number of benzene rings is 1. The van der Waals surface area contributed by atoms with Gasteiger partial charge in [-0.3, -0.25) is 19.2 Å². The van der Waals surface area contributed by atoms with Gasteiger partial charge in [0, 0.05) is 50.8 Å².